The molecule has 1 aliphatic rings. The molecule has 0 spiro atoms. The highest BCUT2D eigenvalue weighted by Gasteiger charge is 2.18. The fourth-order valence-corrected chi connectivity index (χ4v) is 3.08. The Morgan fingerprint density at radius 3 is 2.48 bits per heavy atom. The van der Waals surface area contributed by atoms with Crippen LogP contribution in [0.5, 0.6) is 5.75 Å². The van der Waals surface area contributed by atoms with E-state index in [4.69, 9.17) is 9.84 Å². The van der Waals surface area contributed by atoms with Gasteiger partial charge in [0, 0.05) is 31.6 Å². The van der Waals surface area contributed by atoms with Crippen LogP contribution in [0.2, 0.25) is 0 Å². The molecular formula is C18H20N4O. The Morgan fingerprint density at radius 2 is 1.74 bits per heavy atom. The van der Waals surface area contributed by atoms with Gasteiger partial charge in [-0.2, -0.15) is 0 Å². The summed E-state index contributed by atoms with van der Waals surface area (Å²) in [6.45, 7) is 3.99. The van der Waals surface area contributed by atoms with E-state index in [1.165, 1.54) is 5.39 Å². The van der Waals surface area contributed by atoms with Crippen LogP contribution >= 0.6 is 0 Å². The number of ether oxygens (including phenoxy) is 1. The molecule has 0 atom stereocenters. The van der Waals surface area contributed by atoms with Crippen molar-refractivity contribution in [1.82, 2.24) is 15.1 Å². The Bertz CT molecular complexity index is 804. The summed E-state index contributed by atoms with van der Waals surface area (Å²) in [6, 6.07) is 16.4. The van der Waals surface area contributed by atoms with E-state index >= 15 is 0 Å². The zero-order valence-corrected chi connectivity index (χ0v) is 13.2. The molecule has 2 heterocycles. The van der Waals surface area contributed by atoms with Gasteiger partial charge in [0.25, 0.3) is 0 Å². The molecule has 0 radical (unpaired) electrons. The number of nitrogens with one attached hydrogen (secondary N) is 1. The Labute approximate surface area is 135 Å². The van der Waals surface area contributed by atoms with E-state index in [2.05, 4.69) is 34.5 Å². The van der Waals surface area contributed by atoms with E-state index < -0.39 is 0 Å². The molecule has 1 aliphatic heterocycles. The van der Waals surface area contributed by atoms with E-state index in [0.29, 0.717) is 0 Å². The number of aromatic nitrogens is 2. The lowest BCUT2D eigenvalue weighted by Gasteiger charge is -2.27. The van der Waals surface area contributed by atoms with E-state index in [1.807, 2.05) is 28.9 Å². The molecule has 0 amide bonds. The Balaban J connectivity index is 1.82. The van der Waals surface area contributed by atoms with Crippen molar-refractivity contribution in [3.8, 4) is 11.4 Å². The maximum Gasteiger partial charge on any atom is 0.159 e. The van der Waals surface area contributed by atoms with Crippen LogP contribution in [0, 0.1) is 0 Å². The van der Waals surface area contributed by atoms with Gasteiger partial charge in [0.05, 0.1) is 18.3 Å². The van der Waals surface area contributed by atoms with Gasteiger partial charge in [-0.25, -0.2) is 4.68 Å². The summed E-state index contributed by atoms with van der Waals surface area (Å²) in [5.41, 5.74) is 2.18. The van der Waals surface area contributed by atoms with Crippen molar-refractivity contribution in [1.29, 1.82) is 0 Å². The zero-order valence-electron chi connectivity index (χ0n) is 13.2. The Kier molecular flexibility index (Phi) is 3.63. The summed E-state index contributed by atoms with van der Waals surface area (Å²) >= 11 is 0. The van der Waals surface area contributed by atoms with E-state index in [1.54, 1.807) is 7.11 Å². The van der Waals surface area contributed by atoms with Crippen molar-refractivity contribution in [3.63, 3.8) is 0 Å². The number of rotatable bonds is 3. The minimum absolute atomic E-state index is 0.854. The molecule has 1 N–H and O–H groups in total. The molecule has 3 aromatic rings. The van der Waals surface area contributed by atoms with Gasteiger partial charge in [0.15, 0.2) is 5.82 Å². The Morgan fingerprint density at radius 1 is 1.00 bits per heavy atom. The molecular weight excluding hydrogens is 288 g/mol. The number of hydrogen-bond acceptors (Lipinski definition) is 4. The lowest BCUT2D eigenvalue weighted by atomic mass is 10.2. The van der Waals surface area contributed by atoms with Gasteiger partial charge >= 0.3 is 0 Å². The molecule has 1 fully saturated rings. The largest absolute Gasteiger partial charge is 0.497 e. The molecule has 0 bridgehead atoms. The first-order chi connectivity index (χ1) is 11.4. The fraction of sp³-hybridized carbons (Fsp3) is 0.278. The van der Waals surface area contributed by atoms with Gasteiger partial charge in [-0.15, -0.1) is 5.10 Å². The highest BCUT2D eigenvalue weighted by Crippen LogP contribution is 2.29. The Hall–Kier alpha value is -2.53. The van der Waals surface area contributed by atoms with Crippen LogP contribution in [-0.4, -0.2) is 43.1 Å². The molecule has 0 saturated carbocycles. The van der Waals surface area contributed by atoms with Crippen LogP contribution in [0.25, 0.3) is 16.6 Å². The molecule has 4 rings (SSSR count). The topological polar surface area (TPSA) is 42.3 Å². The quantitative estimate of drug-likeness (QED) is 0.807. The highest BCUT2D eigenvalue weighted by molar-refractivity contribution is 5.91. The van der Waals surface area contributed by atoms with Gasteiger partial charge in [-0.1, -0.05) is 12.1 Å². The maximum absolute atomic E-state index is 5.25. The minimum atomic E-state index is 0.854. The second-order valence-corrected chi connectivity index (χ2v) is 5.69. The second-order valence-electron chi connectivity index (χ2n) is 5.69. The number of methoxy groups -OCH3 is 1. The SMILES string of the molecule is COc1ccc(-n2nc(N3CCNCC3)c3ccccc32)cc1. The maximum atomic E-state index is 5.25. The lowest BCUT2D eigenvalue weighted by molar-refractivity contribution is 0.414. The van der Waals surface area contributed by atoms with E-state index in [0.717, 1.165) is 49.0 Å². The van der Waals surface area contributed by atoms with Crippen molar-refractivity contribution < 1.29 is 4.74 Å². The first kappa shape index (κ1) is 14.1. The van der Waals surface area contributed by atoms with Gasteiger partial charge in [0.1, 0.15) is 5.75 Å². The molecule has 23 heavy (non-hydrogen) atoms. The van der Waals surface area contributed by atoms with Crippen molar-refractivity contribution >= 4 is 16.7 Å². The molecule has 5 nitrogen and oxygen atoms in total. The van der Waals surface area contributed by atoms with Crippen LogP contribution in [0.15, 0.2) is 48.5 Å². The third-order valence-electron chi connectivity index (χ3n) is 4.30. The van der Waals surface area contributed by atoms with Crippen LogP contribution in [0.1, 0.15) is 0 Å². The average Bonchev–Trinajstić information content (AvgIpc) is 3.02. The van der Waals surface area contributed by atoms with Crippen LogP contribution in [0.4, 0.5) is 5.82 Å². The molecule has 5 heteroatoms. The predicted octanol–water partition coefficient (Wildman–Crippen LogP) is 2.44. The van der Waals surface area contributed by atoms with Crippen LogP contribution < -0.4 is 15.0 Å². The summed E-state index contributed by atoms with van der Waals surface area (Å²) in [4.78, 5) is 2.36. The van der Waals surface area contributed by atoms with Crippen molar-refractivity contribution in [2.24, 2.45) is 0 Å². The summed E-state index contributed by atoms with van der Waals surface area (Å²) in [5.74, 6) is 1.92. The standard InChI is InChI=1S/C18H20N4O/c1-23-15-8-6-14(7-9-15)22-17-5-3-2-4-16(17)18(20-22)21-12-10-19-11-13-21/h2-9,19H,10-13H2,1H3. The molecule has 118 valence electrons. The van der Waals surface area contributed by atoms with E-state index in [-0.39, 0.29) is 0 Å². The smallest absolute Gasteiger partial charge is 0.159 e. The van der Waals surface area contributed by atoms with Gasteiger partial charge in [-0.05, 0) is 36.4 Å². The van der Waals surface area contributed by atoms with Crippen LogP contribution in [-0.2, 0) is 0 Å². The third-order valence-corrected chi connectivity index (χ3v) is 4.30. The minimum Gasteiger partial charge on any atom is -0.497 e. The lowest BCUT2D eigenvalue weighted by Crippen LogP contribution is -2.43. The molecule has 1 aromatic heterocycles. The summed E-state index contributed by atoms with van der Waals surface area (Å²) in [6.07, 6.45) is 0. The highest BCUT2D eigenvalue weighted by atomic mass is 16.5. The van der Waals surface area contributed by atoms with Gasteiger partial charge in [0.2, 0.25) is 0 Å². The summed E-state index contributed by atoms with van der Waals surface area (Å²) in [5, 5.41) is 9.51. The predicted molar refractivity (Wildman–Crippen MR) is 92.7 cm³/mol. The van der Waals surface area contributed by atoms with Crippen molar-refractivity contribution in [3.05, 3.63) is 48.5 Å². The monoisotopic (exact) mass is 308 g/mol. The first-order valence-corrected chi connectivity index (χ1v) is 7.95. The molecule has 1 saturated heterocycles. The number of hydrogen-bond donors (Lipinski definition) is 1. The molecule has 0 aliphatic carbocycles. The average molecular weight is 308 g/mol. The second kappa shape index (κ2) is 5.93. The number of benzene rings is 2. The molecule has 0 unspecified atom stereocenters. The van der Waals surface area contributed by atoms with Crippen LogP contribution in [0.3, 0.4) is 0 Å². The van der Waals surface area contributed by atoms with Crippen molar-refractivity contribution in [2.75, 3.05) is 38.2 Å². The normalized spacial score (nSPS) is 15.1. The van der Waals surface area contributed by atoms with E-state index in [9.17, 15) is 0 Å². The van der Waals surface area contributed by atoms with Gasteiger partial charge < -0.3 is 15.0 Å². The first-order valence-electron chi connectivity index (χ1n) is 7.95. The number of nitrogens with zero attached hydrogens (tertiary/aromatic N) is 3. The number of piperazine rings is 1. The fourth-order valence-electron chi connectivity index (χ4n) is 3.08. The summed E-state index contributed by atoms with van der Waals surface area (Å²) in [7, 11) is 1.68. The van der Waals surface area contributed by atoms with Crippen molar-refractivity contribution in [2.45, 2.75) is 0 Å². The zero-order chi connectivity index (χ0) is 15.6. The number of para-hydroxylation sites is 1. The number of fused-ring (bicyclic) bond motifs is 1. The summed E-state index contributed by atoms with van der Waals surface area (Å²) < 4.78 is 7.27. The van der Waals surface area contributed by atoms with Gasteiger partial charge in [-0.3, -0.25) is 0 Å². The number of anilines is 1. The molecule has 2 aromatic carbocycles. The third kappa shape index (κ3) is 2.53.